The minimum Gasteiger partial charge on any atom is -0.505 e. The smallest absolute Gasteiger partial charge is 0.377 e. The number of hydrogen-bond donors (Lipinski definition) is 7. The summed E-state index contributed by atoms with van der Waals surface area (Å²) in [4.78, 5) is 11.0. The van der Waals surface area contributed by atoms with E-state index in [1.54, 1.807) is 0 Å². The normalized spacial score (nSPS) is 39.4. The van der Waals surface area contributed by atoms with Crippen molar-refractivity contribution in [1.82, 2.24) is 0 Å². The highest BCUT2D eigenvalue weighted by molar-refractivity contribution is 5.89. The average molecular weight is 337 g/mol. The first-order valence-corrected chi connectivity index (χ1v) is 6.78. The van der Waals surface area contributed by atoms with Gasteiger partial charge in [0.1, 0.15) is 24.4 Å². The molecule has 2 aliphatic rings. The second kappa shape index (κ2) is 6.97. The number of nitrogens with two attached hydrogens (primary N) is 1. The zero-order chi connectivity index (χ0) is 17.3. The molecule has 1 fully saturated rings. The maximum atomic E-state index is 11.0. The van der Waals surface area contributed by atoms with Crippen molar-refractivity contribution in [3.63, 3.8) is 0 Å². The lowest BCUT2D eigenvalue weighted by Crippen LogP contribution is -2.62. The Kier molecular flexibility index (Phi) is 5.41. The van der Waals surface area contributed by atoms with E-state index in [-0.39, 0.29) is 0 Å². The molecule has 7 atom stereocenters. The molecule has 8 N–H and O–H groups in total. The predicted molar refractivity (Wildman–Crippen MR) is 69.9 cm³/mol. The Morgan fingerprint density at radius 1 is 1.26 bits per heavy atom. The molecule has 0 aromatic heterocycles. The van der Waals surface area contributed by atoms with Gasteiger partial charge in [-0.05, 0) is 0 Å². The van der Waals surface area contributed by atoms with E-state index in [9.17, 15) is 25.2 Å². The first-order chi connectivity index (χ1) is 10.8. The lowest BCUT2D eigenvalue weighted by Gasteiger charge is -2.40. The highest BCUT2D eigenvalue weighted by Crippen LogP contribution is 2.24. The molecule has 11 heteroatoms. The van der Waals surface area contributed by atoms with Crippen molar-refractivity contribution in [2.75, 3.05) is 13.2 Å². The second-order valence-electron chi connectivity index (χ2n) is 5.24. The summed E-state index contributed by atoms with van der Waals surface area (Å²) < 4.78 is 14.9. The summed E-state index contributed by atoms with van der Waals surface area (Å²) >= 11 is 0. The fraction of sp³-hybridized carbons (Fsp3) is 0.750. The largest absolute Gasteiger partial charge is 0.505 e. The minimum absolute atomic E-state index is 0.533. The first-order valence-electron chi connectivity index (χ1n) is 6.78. The number of carbonyl (C=O) groups is 1. The Bertz CT molecular complexity index is 480. The van der Waals surface area contributed by atoms with E-state index in [4.69, 9.17) is 25.4 Å². The van der Waals surface area contributed by atoms with Crippen molar-refractivity contribution in [2.24, 2.45) is 5.73 Å². The van der Waals surface area contributed by atoms with Crippen LogP contribution in [0.15, 0.2) is 11.5 Å². The van der Waals surface area contributed by atoms with Crippen molar-refractivity contribution >= 4 is 5.97 Å². The lowest BCUT2D eigenvalue weighted by molar-refractivity contribution is -0.271. The topological polar surface area (TPSA) is 192 Å². The molecule has 11 nitrogen and oxygen atoms in total. The van der Waals surface area contributed by atoms with E-state index in [0.29, 0.717) is 0 Å². The van der Waals surface area contributed by atoms with Crippen LogP contribution in [0, 0.1) is 0 Å². The zero-order valence-corrected chi connectivity index (χ0v) is 11.8. The summed E-state index contributed by atoms with van der Waals surface area (Å²) in [5.74, 6) is -3.02. The maximum absolute atomic E-state index is 11.0. The van der Waals surface area contributed by atoms with Crippen LogP contribution in [0.25, 0.3) is 0 Å². The lowest BCUT2D eigenvalue weighted by atomic mass is 9.98. The van der Waals surface area contributed by atoms with Crippen LogP contribution in [0.4, 0.5) is 0 Å². The van der Waals surface area contributed by atoms with Gasteiger partial charge in [-0.1, -0.05) is 0 Å². The molecule has 2 aliphatic heterocycles. The molecule has 0 amide bonds. The Hall–Kier alpha value is -1.47. The molecule has 0 radical (unpaired) electrons. The average Bonchev–Trinajstić information content (AvgIpc) is 2.79. The van der Waals surface area contributed by atoms with E-state index in [1.807, 2.05) is 0 Å². The van der Waals surface area contributed by atoms with Crippen LogP contribution in [0.3, 0.4) is 0 Å². The van der Waals surface area contributed by atoms with E-state index in [2.05, 4.69) is 4.74 Å². The van der Waals surface area contributed by atoms with E-state index in [0.717, 1.165) is 0 Å². The molecule has 132 valence electrons. The third kappa shape index (κ3) is 3.40. The number of aliphatic hydroxyl groups excluding tert-OH is 6. The number of esters is 1. The van der Waals surface area contributed by atoms with Gasteiger partial charge in [0.25, 0.3) is 0 Å². The van der Waals surface area contributed by atoms with Crippen molar-refractivity contribution in [3.05, 3.63) is 11.5 Å². The first kappa shape index (κ1) is 17.9. The number of cyclic esters (lactones) is 1. The molecule has 0 unspecified atom stereocenters. The molecule has 0 spiro atoms. The van der Waals surface area contributed by atoms with Crippen molar-refractivity contribution < 1.29 is 49.6 Å². The van der Waals surface area contributed by atoms with Gasteiger partial charge in [-0.3, -0.25) is 0 Å². The highest BCUT2D eigenvalue weighted by Gasteiger charge is 2.44. The number of ether oxygens (including phenoxy) is 3. The summed E-state index contributed by atoms with van der Waals surface area (Å²) in [6, 6.07) is -1.16. The van der Waals surface area contributed by atoms with Gasteiger partial charge >= 0.3 is 5.97 Å². The molecule has 0 bridgehead atoms. The van der Waals surface area contributed by atoms with Gasteiger partial charge in [0.15, 0.2) is 18.2 Å². The third-order valence-electron chi connectivity index (χ3n) is 3.65. The van der Waals surface area contributed by atoms with Gasteiger partial charge in [-0.15, -0.1) is 0 Å². The van der Waals surface area contributed by atoms with Crippen LogP contribution >= 0.6 is 0 Å². The van der Waals surface area contributed by atoms with Gasteiger partial charge < -0.3 is 50.6 Å². The van der Waals surface area contributed by atoms with E-state index >= 15 is 0 Å². The van der Waals surface area contributed by atoms with Crippen LogP contribution in [0.2, 0.25) is 0 Å². The second-order valence-corrected chi connectivity index (χ2v) is 5.24. The predicted octanol–water partition coefficient (Wildman–Crippen LogP) is -3.62. The Balaban J connectivity index is 1.94. The number of carbonyl (C=O) groups excluding carboxylic acids is 1. The van der Waals surface area contributed by atoms with Gasteiger partial charge in [-0.2, -0.15) is 0 Å². The van der Waals surface area contributed by atoms with Gasteiger partial charge in [-0.25, -0.2) is 4.79 Å². The third-order valence-corrected chi connectivity index (χ3v) is 3.65. The Labute approximate surface area is 130 Å². The summed E-state index contributed by atoms with van der Waals surface area (Å²) in [6.07, 6.45) is -8.28. The van der Waals surface area contributed by atoms with E-state index < -0.39 is 73.6 Å². The van der Waals surface area contributed by atoms with Crippen LogP contribution in [-0.4, -0.2) is 92.7 Å². The molecule has 23 heavy (non-hydrogen) atoms. The molecule has 0 aromatic carbocycles. The summed E-state index contributed by atoms with van der Waals surface area (Å²) in [5.41, 5.74) is 5.63. The van der Waals surface area contributed by atoms with Crippen LogP contribution < -0.4 is 5.73 Å². The molecule has 2 rings (SSSR count). The van der Waals surface area contributed by atoms with Crippen molar-refractivity contribution in [2.45, 2.75) is 42.9 Å². The summed E-state index contributed by atoms with van der Waals surface area (Å²) in [5, 5.41) is 56.9. The molecule has 2 heterocycles. The van der Waals surface area contributed by atoms with Crippen molar-refractivity contribution in [1.29, 1.82) is 0 Å². The fourth-order valence-corrected chi connectivity index (χ4v) is 2.26. The molecular formula is C12H19NO10. The molecule has 0 aromatic rings. The van der Waals surface area contributed by atoms with Gasteiger partial charge in [0.05, 0.1) is 19.3 Å². The standard InChI is InChI=1S/C12H19NO10/c13-5-7(17)6(16)4(1-14)22-12(5)21-2-3(15)10-8(18)9(19)11(20)23-10/h3-7,10,12,14-19H,1-2,13H2/t3-,4+,5+,6+,7+,10+,12+/m0/s1. The zero-order valence-electron chi connectivity index (χ0n) is 11.8. The van der Waals surface area contributed by atoms with Crippen LogP contribution in [-0.2, 0) is 19.0 Å². The highest BCUT2D eigenvalue weighted by atomic mass is 16.7. The van der Waals surface area contributed by atoms with Crippen molar-refractivity contribution in [3.8, 4) is 0 Å². The Morgan fingerprint density at radius 3 is 2.43 bits per heavy atom. The SMILES string of the molecule is N[C@H]1[C@H](OC[C@H](O)[C@H]2OC(=O)C(O)=C2O)O[C@H](CO)[C@@H](O)[C@@H]1O. The minimum atomic E-state index is -1.55. The quantitative estimate of drug-likeness (QED) is 0.245. The Morgan fingerprint density at radius 2 is 1.91 bits per heavy atom. The molecular weight excluding hydrogens is 318 g/mol. The maximum Gasteiger partial charge on any atom is 0.377 e. The van der Waals surface area contributed by atoms with Crippen LogP contribution in [0.5, 0.6) is 0 Å². The number of rotatable bonds is 5. The summed E-state index contributed by atoms with van der Waals surface area (Å²) in [7, 11) is 0. The molecule has 1 saturated heterocycles. The van der Waals surface area contributed by atoms with Gasteiger partial charge in [0.2, 0.25) is 5.76 Å². The monoisotopic (exact) mass is 337 g/mol. The summed E-state index contributed by atoms with van der Waals surface area (Å²) in [6.45, 7) is -1.13. The molecule has 0 aliphatic carbocycles. The van der Waals surface area contributed by atoms with Crippen LogP contribution in [0.1, 0.15) is 0 Å². The molecule has 0 saturated carbocycles. The fourth-order valence-electron chi connectivity index (χ4n) is 2.26. The number of hydrogen-bond acceptors (Lipinski definition) is 11. The number of aliphatic hydroxyl groups is 6. The van der Waals surface area contributed by atoms with E-state index in [1.165, 1.54) is 0 Å². The van der Waals surface area contributed by atoms with Gasteiger partial charge in [0, 0.05) is 0 Å².